The molecule has 2 aliphatic rings. The third-order valence-electron chi connectivity index (χ3n) is 8.11. The molecule has 1 aromatic heterocycles. The molecule has 4 rings (SSSR count). The third-order valence-corrected chi connectivity index (χ3v) is 10.0. The van der Waals surface area contributed by atoms with Crippen LogP contribution >= 0.6 is 0 Å². The van der Waals surface area contributed by atoms with E-state index in [4.69, 9.17) is 0 Å². The van der Waals surface area contributed by atoms with E-state index in [0.29, 0.717) is 24.5 Å². The Morgan fingerprint density at radius 2 is 1.77 bits per heavy atom. The van der Waals surface area contributed by atoms with Crippen LogP contribution in [0.2, 0.25) is 0 Å². The Balaban J connectivity index is 1.33. The summed E-state index contributed by atoms with van der Waals surface area (Å²) in [5.74, 6) is -2.12. The van der Waals surface area contributed by atoms with Crippen LogP contribution in [0.3, 0.4) is 0 Å². The molecule has 2 fully saturated rings. The van der Waals surface area contributed by atoms with Crippen molar-refractivity contribution < 1.29 is 22.0 Å². The molecule has 1 N–H and O–H groups in total. The molecular weight excluding hydrogens is 524 g/mol. The predicted molar refractivity (Wildman–Crippen MR) is 149 cm³/mol. The fourth-order valence-corrected chi connectivity index (χ4v) is 7.76. The molecule has 1 saturated carbocycles. The van der Waals surface area contributed by atoms with Crippen molar-refractivity contribution in [2.75, 3.05) is 35.0 Å². The second-order valence-electron chi connectivity index (χ2n) is 11.3. The molecule has 39 heavy (non-hydrogen) atoms. The number of alkyl halides is 2. The molecule has 1 amide bonds. The standard InChI is InChI=1S/C28H41F2N5O3S/c1-21-17-26(33(3)32-21)31-27(36)18-23-11-15-34(16-12-23)22(2)19-35(25-7-5-4-6-8-25)39(37,38)20-24-9-13-28(29,30)14-10-24/h4-8,17,22-24H,9-16,18-20H2,1-3H3,(H,31,36)/t22-/m1/s1. The van der Waals surface area contributed by atoms with Crippen LogP contribution in [0.4, 0.5) is 20.3 Å². The van der Waals surface area contributed by atoms with Crippen molar-refractivity contribution in [1.82, 2.24) is 14.7 Å². The van der Waals surface area contributed by atoms with Crippen molar-refractivity contribution >= 4 is 27.4 Å². The van der Waals surface area contributed by atoms with Crippen LogP contribution in [0.1, 0.15) is 57.6 Å². The normalized spacial score (nSPS) is 20.0. The second kappa shape index (κ2) is 12.3. The van der Waals surface area contributed by atoms with E-state index < -0.39 is 15.9 Å². The highest BCUT2D eigenvalue weighted by Crippen LogP contribution is 2.37. The van der Waals surface area contributed by atoms with Crippen molar-refractivity contribution in [3.05, 3.63) is 42.1 Å². The number of sulfonamides is 1. The highest BCUT2D eigenvalue weighted by Gasteiger charge is 2.38. The van der Waals surface area contributed by atoms with Gasteiger partial charge in [0.05, 0.1) is 17.1 Å². The molecule has 2 heterocycles. The Kier molecular flexibility index (Phi) is 9.31. The number of aromatic nitrogens is 2. The number of anilines is 2. The van der Waals surface area contributed by atoms with Gasteiger partial charge in [-0.05, 0) is 76.6 Å². The average Bonchev–Trinajstić information content (AvgIpc) is 3.20. The molecule has 1 aliphatic heterocycles. The van der Waals surface area contributed by atoms with Gasteiger partial charge in [-0.2, -0.15) is 5.10 Å². The Morgan fingerprint density at radius 3 is 2.36 bits per heavy atom. The van der Waals surface area contributed by atoms with Crippen molar-refractivity contribution in [2.24, 2.45) is 18.9 Å². The summed E-state index contributed by atoms with van der Waals surface area (Å²) >= 11 is 0. The molecule has 0 spiro atoms. The fourth-order valence-electron chi connectivity index (χ4n) is 5.77. The average molecular weight is 566 g/mol. The van der Waals surface area contributed by atoms with Gasteiger partial charge < -0.3 is 5.32 Å². The monoisotopic (exact) mass is 565 g/mol. The zero-order valence-electron chi connectivity index (χ0n) is 23.2. The van der Waals surface area contributed by atoms with Gasteiger partial charge in [-0.25, -0.2) is 17.2 Å². The maximum absolute atomic E-state index is 13.6. The number of hydrogen-bond acceptors (Lipinski definition) is 5. The molecule has 0 unspecified atom stereocenters. The minimum Gasteiger partial charge on any atom is -0.311 e. The third kappa shape index (κ3) is 8.00. The number of carbonyl (C=O) groups excluding carboxylic acids is 1. The lowest BCUT2D eigenvalue weighted by atomic mass is 9.88. The maximum Gasteiger partial charge on any atom is 0.248 e. The molecule has 0 bridgehead atoms. The summed E-state index contributed by atoms with van der Waals surface area (Å²) < 4.78 is 57.6. The Labute approximate surface area is 230 Å². The highest BCUT2D eigenvalue weighted by atomic mass is 32.2. The Hall–Kier alpha value is -2.53. The predicted octanol–water partition coefficient (Wildman–Crippen LogP) is 4.82. The summed E-state index contributed by atoms with van der Waals surface area (Å²) in [4.78, 5) is 14.9. The molecule has 8 nitrogen and oxygen atoms in total. The number of hydrogen-bond donors (Lipinski definition) is 1. The van der Waals surface area contributed by atoms with Crippen LogP contribution in [0, 0.1) is 18.8 Å². The molecule has 1 atom stereocenters. The van der Waals surface area contributed by atoms with Crippen molar-refractivity contribution in [3.63, 3.8) is 0 Å². The molecule has 1 aliphatic carbocycles. The van der Waals surface area contributed by atoms with Crippen LogP contribution in [-0.2, 0) is 21.9 Å². The summed E-state index contributed by atoms with van der Waals surface area (Å²) in [7, 11) is -1.90. The number of benzene rings is 1. The van der Waals surface area contributed by atoms with Crippen molar-refractivity contribution in [2.45, 2.75) is 70.8 Å². The first kappa shape index (κ1) is 29.5. The van der Waals surface area contributed by atoms with E-state index in [2.05, 4.69) is 15.3 Å². The van der Waals surface area contributed by atoms with E-state index in [-0.39, 0.29) is 55.2 Å². The number of rotatable bonds is 10. The topological polar surface area (TPSA) is 87.5 Å². The molecule has 0 radical (unpaired) electrons. The molecule has 216 valence electrons. The lowest BCUT2D eigenvalue weighted by molar-refractivity contribution is -0.117. The Morgan fingerprint density at radius 1 is 1.13 bits per heavy atom. The molecule has 11 heteroatoms. The summed E-state index contributed by atoms with van der Waals surface area (Å²) in [6.07, 6.45) is 2.12. The van der Waals surface area contributed by atoms with E-state index in [1.165, 1.54) is 4.31 Å². The quantitative estimate of drug-likeness (QED) is 0.446. The minimum atomic E-state index is -3.70. The smallest absolute Gasteiger partial charge is 0.248 e. The van der Waals surface area contributed by atoms with Gasteiger partial charge in [0.25, 0.3) is 0 Å². The number of halogens is 2. The van der Waals surface area contributed by atoms with Crippen molar-refractivity contribution in [1.29, 1.82) is 0 Å². The molecule has 1 saturated heterocycles. The van der Waals surface area contributed by atoms with E-state index >= 15 is 0 Å². The SMILES string of the molecule is Cc1cc(NC(=O)CC2CCN([C@H](C)CN(c3ccccc3)S(=O)(=O)CC3CCC(F)(F)CC3)CC2)n(C)n1. The fraction of sp³-hybridized carbons (Fsp3) is 0.643. The van der Waals surface area contributed by atoms with E-state index in [1.807, 2.05) is 38.1 Å². The summed E-state index contributed by atoms with van der Waals surface area (Å²) in [5.41, 5.74) is 1.45. The van der Waals surface area contributed by atoms with Crippen LogP contribution in [-0.4, -0.2) is 66.4 Å². The van der Waals surface area contributed by atoms with E-state index in [1.54, 1.807) is 23.9 Å². The first-order valence-electron chi connectivity index (χ1n) is 13.9. The van der Waals surface area contributed by atoms with Crippen LogP contribution < -0.4 is 9.62 Å². The van der Waals surface area contributed by atoms with Gasteiger partial charge in [0, 0.05) is 45.0 Å². The second-order valence-corrected chi connectivity index (χ2v) is 13.3. The lowest BCUT2D eigenvalue weighted by Crippen LogP contribution is -2.48. The van der Waals surface area contributed by atoms with Gasteiger partial charge >= 0.3 is 0 Å². The first-order chi connectivity index (χ1) is 18.4. The number of likely N-dealkylation sites (tertiary alicyclic amines) is 1. The van der Waals surface area contributed by atoms with Gasteiger partial charge in [0.1, 0.15) is 5.82 Å². The summed E-state index contributed by atoms with van der Waals surface area (Å²) in [6.45, 7) is 5.77. The van der Waals surface area contributed by atoms with Gasteiger partial charge in [0.15, 0.2) is 0 Å². The van der Waals surface area contributed by atoms with Crippen LogP contribution in [0.15, 0.2) is 36.4 Å². The minimum absolute atomic E-state index is 0.0219. The van der Waals surface area contributed by atoms with Gasteiger partial charge in [-0.1, -0.05) is 18.2 Å². The summed E-state index contributed by atoms with van der Waals surface area (Å²) in [6, 6.07) is 10.8. The number of nitrogens with zero attached hydrogens (tertiary/aromatic N) is 4. The maximum atomic E-state index is 13.6. The molecular formula is C28H41F2N5O3S. The number of piperidine rings is 1. The zero-order chi connectivity index (χ0) is 28.2. The summed E-state index contributed by atoms with van der Waals surface area (Å²) in [5, 5.41) is 7.20. The van der Waals surface area contributed by atoms with Gasteiger partial charge in [-0.3, -0.25) is 18.7 Å². The van der Waals surface area contributed by atoms with Crippen LogP contribution in [0.5, 0.6) is 0 Å². The van der Waals surface area contributed by atoms with E-state index in [0.717, 1.165) is 31.6 Å². The van der Waals surface area contributed by atoms with Crippen LogP contribution in [0.25, 0.3) is 0 Å². The first-order valence-corrected chi connectivity index (χ1v) is 15.5. The Bertz CT molecular complexity index is 1200. The zero-order valence-corrected chi connectivity index (χ0v) is 24.0. The lowest BCUT2D eigenvalue weighted by Gasteiger charge is -2.38. The number of para-hydroxylation sites is 1. The number of carbonyl (C=O) groups is 1. The molecule has 1 aromatic carbocycles. The molecule has 2 aromatic rings. The van der Waals surface area contributed by atoms with Crippen molar-refractivity contribution in [3.8, 4) is 0 Å². The number of nitrogens with one attached hydrogen (secondary N) is 1. The van der Waals surface area contributed by atoms with Gasteiger partial charge in [-0.15, -0.1) is 0 Å². The van der Waals surface area contributed by atoms with E-state index in [9.17, 15) is 22.0 Å². The number of amides is 1. The number of aryl methyl sites for hydroxylation is 2. The van der Waals surface area contributed by atoms with Gasteiger partial charge in [0.2, 0.25) is 21.9 Å². The highest BCUT2D eigenvalue weighted by molar-refractivity contribution is 7.92. The largest absolute Gasteiger partial charge is 0.311 e.